The van der Waals surface area contributed by atoms with Crippen molar-refractivity contribution in [2.45, 2.75) is 13.3 Å². The van der Waals surface area contributed by atoms with Gasteiger partial charge in [0.15, 0.2) is 0 Å². The highest BCUT2D eigenvalue weighted by Crippen LogP contribution is 1.88. The zero-order valence-electron chi connectivity index (χ0n) is 6.74. The van der Waals surface area contributed by atoms with Crippen LogP contribution in [0.2, 0.25) is 0 Å². The highest BCUT2D eigenvalue weighted by molar-refractivity contribution is 6.58. The van der Waals surface area contributed by atoms with Crippen molar-refractivity contribution in [1.29, 1.82) is 0 Å². The number of aromatic amines is 1. The summed E-state index contributed by atoms with van der Waals surface area (Å²) in [5.74, 6) is 0. The van der Waals surface area contributed by atoms with E-state index >= 15 is 0 Å². The van der Waals surface area contributed by atoms with Crippen molar-refractivity contribution in [3.8, 4) is 0 Å². The third-order valence-electron chi connectivity index (χ3n) is 1.60. The van der Waals surface area contributed by atoms with Crippen molar-refractivity contribution >= 4 is 12.6 Å². The molecule has 0 aliphatic rings. The molecule has 1 rings (SSSR count). The molecule has 0 atom stereocenters. The van der Waals surface area contributed by atoms with Gasteiger partial charge in [-0.3, -0.25) is 4.79 Å². The van der Waals surface area contributed by atoms with Gasteiger partial charge in [0, 0.05) is 11.8 Å². The van der Waals surface area contributed by atoms with E-state index < -0.39 is 7.12 Å². The molecule has 0 bridgehead atoms. The standard InChI is InChI=1S/C7H10BNO3/c1-2-6-3-5(8(11)12)4-7(10)9-6/h3-4,11-12H,2H2,1H3,(H,9,10). The molecular formula is C7H10BNO3. The van der Waals surface area contributed by atoms with Gasteiger partial charge in [-0.1, -0.05) is 6.92 Å². The number of rotatable bonds is 2. The van der Waals surface area contributed by atoms with Gasteiger partial charge in [0.25, 0.3) is 0 Å². The summed E-state index contributed by atoms with van der Waals surface area (Å²) in [6.07, 6.45) is 0.663. The summed E-state index contributed by atoms with van der Waals surface area (Å²) >= 11 is 0. The van der Waals surface area contributed by atoms with Crippen LogP contribution in [0.15, 0.2) is 16.9 Å². The summed E-state index contributed by atoms with van der Waals surface area (Å²) in [7, 11) is -1.57. The molecule has 0 radical (unpaired) electrons. The maximum absolute atomic E-state index is 10.9. The zero-order chi connectivity index (χ0) is 9.14. The third kappa shape index (κ3) is 1.96. The molecule has 0 fully saturated rings. The molecule has 0 saturated carbocycles. The molecule has 64 valence electrons. The summed E-state index contributed by atoms with van der Waals surface area (Å²) in [4.78, 5) is 13.5. The first-order chi connectivity index (χ1) is 5.63. The van der Waals surface area contributed by atoms with E-state index in [1.165, 1.54) is 6.07 Å². The lowest BCUT2D eigenvalue weighted by molar-refractivity contribution is 0.425. The largest absolute Gasteiger partial charge is 0.488 e. The molecule has 12 heavy (non-hydrogen) atoms. The van der Waals surface area contributed by atoms with Crippen molar-refractivity contribution < 1.29 is 10.0 Å². The number of nitrogens with one attached hydrogen (secondary N) is 1. The number of hydrogen-bond donors (Lipinski definition) is 3. The molecule has 0 saturated heterocycles. The molecule has 5 heteroatoms. The van der Waals surface area contributed by atoms with Gasteiger partial charge in [-0.25, -0.2) is 0 Å². The van der Waals surface area contributed by atoms with Gasteiger partial charge in [0.1, 0.15) is 0 Å². The maximum Gasteiger partial charge on any atom is 0.488 e. The van der Waals surface area contributed by atoms with Crippen LogP contribution in [0.1, 0.15) is 12.6 Å². The van der Waals surface area contributed by atoms with Crippen molar-refractivity contribution in [2.24, 2.45) is 0 Å². The van der Waals surface area contributed by atoms with Gasteiger partial charge in [0.05, 0.1) is 0 Å². The van der Waals surface area contributed by atoms with Crippen LogP contribution >= 0.6 is 0 Å². The Balaban J connectivity index is 3.15. The molecule has 0 amide bonds. The molecule has 4 nitrogen and oxygen atoms in total. The topological polar surface area (TPSA) is 73.3 Å². The lowest BCUT2D eigenvalue weighted by Gasteiger charge is -2.00. The predicted molar refractivity (Wildman–Crippen MR) is 46.3 cm³/mol. The minimum absolute atomic E-state index is 0.232. The highest BCUT2D eigenvalue weighted by Gasteiger charge is 2.11. The van der Waals surface area contributed by atoms with Crippen molar-refractivity contribution in [3.63, 3.8) is 0 Å². The fourth-order valence-corrected chi connectivity index (χ4v) is 0.964. The summed E-state index contributed by atoms with van der Waals surface area (Å²) in [6.45, 7) is 1.87. The van der Waals surface area contributed by atoms with Gasteiger partial charge >= 0.3 is 7.12 Å². The Labute approximate surface area is 70.0 Å². The molecular weight excluding hydrogens is 157 g/mol. The smallest absolute Gasteiger partial charge is 0.423 e. The van der Waals surface area contributed by atoms with Gasteiger partial charge in [-0.2, -0.15) is 0 Å². The molecule has 3 N–H and O–H groups in total. The van der Waals surface area contributed by atoms with Crippen molar-refractivity contribution in [1.82, 2.24) is 4.98 Å². The Bertz CT molecular complexity index is 321. The Morgan fingerprint density at radius 2 is 2.17 bits per heavy atom. The van der Waals surface area contributed by atoms with Gasteiger partial charge in [-0.15, -0.1) is 0 Å². The first kappa shape index (κ1) is 9.03. The minimum Gasteiger partial charge on any atom is -0.423 e. The third-order valence-corrected chi connectivity index (χ3v) is 1.60. The van der Waals surface area contributed by atoms with Gasteiger partial charge in [0.2, 0.25) is 5.56 Å². The van der Waals surface area contributed by atoms with Crippen LogP contribution < -0.4 is 11.0 Å². The van der Waals surface area contributed by atoms with Crippen LogP contribution in [0.5, 0.6) is 0 Å². The lowest BCUT2D eigenvalue weighted by atomic mass is 9.80. The van der Waals surface area contributed by atoms with Crippen LogP contribution in [0.25, 0.3) is 0 Å². The van der Waals surface area contributed by atoms with Crippen LogP contribution in [-0.4, -0.2) is 22.2 Å². The maximum atomic E-state index is 10.9. The molecule has 0 aliphatic heterocycles. The van der Waals surface area contributed by atoms with Crippen LogP contribution in [0.4, 0.5) is 0 Å². The van der Waals surface area contributed by atoms with E-state index in [0.29, 0.717) is 12.1 Å². The zero-order valence-corrected chi connectivity index (χ0v) is 6.74. The quantitative estimate of drug-likeness (QED) is 0.475. The molecule has 0 aliphatic carbocycles. The van der Waals surface area contributed by atoms with Crippen LogP contribution in [0, 0.1) is 0 Å². The average Bonchev–Trinajstić information content (AvgIpc) is 2.03. The Kier molecular flexibility index (Phi) is 2.67. The minimum atomic E-state index is -1.57. The first-order valence-electron chi connectivity index (χ1n) is 3.72. The summed E-state index contributed by atoms with van der Waals surface area (Å²) < 4.78 is 0. The van der Waals surface area contributed by atoms with E-state index in [0.717, 1.165) is 0 Å². The molecule has 1 heterocycles. The monoisotopic (exact) mass is 167 g/mol. The number of hydrogen-bond acceptors (Lipinski definition) is 3. The van der Waals surface area contributed by atoms with Crippen LogP contribution in [0.3, 0.4) is 0 Å². The highest BCUT2D eigenvalue weighted by atomic mass is 16.4. The van der Waals surface area contributed by atoms with E-state index in [1.54, 1.807) is 6.07 Å². The molecule has 0 spiro atoms. The summed E-state index contributed by atoms with van der Waals surface area (Å²) in [6, 6.07) is 2.73. The number of aryl methyl sites for hydroxylation is 1. The second-order valence-corrected chi connectivity index (χ2v) is 2.53. The van der Waals surface area contributed by atoms with Gasteiger partial charge in [-0.05, 0) is 17.9 Å². The second kappa shape index (κ2) is 3.56. The predicted octanol–water partition coefficient (Wildman–Crippen LogP) is -1.38. The van der Waals surface area contributed by atoms with E-state index in [-0.39, 0.29) is 11.0 Å². The normalized spacial score (nSPS) is 9.92. The lowest BCUT2D eigenvalue weighted by Crippen LogP contribution is -2.33. The van der Waals surface area contributed by atoms with Crippen LogP contribution in [-0.2, 0) is 6.42 Å². The molecule has 0 unspecified atom stereocenters. The Morgan fingerprint density at radius 3 is 2.67 bits per heavy atom. The van der Waals surface area contributed by atoms with Crippen molar-refractivity contribution in [3.05, 3.63) is 28.2 Å². The number of H-pyrrole nitrogens is 1. The Hall–Kier alpha value is -1.07. The fraction of sp³-hybridized carbons (Fsp3) is 0.286. The van der Waals surface area contributed by atoms with Crippen molar-refractivity contribution in [2.75, 3.05) is 0 Å². The molecule has 0 aromatic carbocycles. The SMILES string of the molecule is CCc1cc(B(O)O)cc(=O)[nH]1. The summed E-state index contributed by atoms with van der Waals surface area (Å²) in [5, 5.41) is 17.5. The number of aromatic nitrogens is 1. The fourth-order valence-electron chi connectivity index (χ4n) is 0.964. The average molecular weight is 167 g/mol. The van der Waals surface area contributed by atoms with E-state index in [9.17, 15) is 4.79 Å². The first-order valence-corrected chi connectivity index (χ1v) is 3.72. The summed E-state index contributed by atoms with van der Waals surface area (Å²) in [5.41, 5.74) is 0.624. The molecule has 1 aromatic rings. The second-order valence-electron chi connectivity index (χ2n) is 2.53. The van der Waals surface area contributed by atoms with E-state index in [1.807, 2.05) is 6.92 Å². The molecule has 1 aromatic heterocycles. The number of pyridine rings is 1. The van der Waals surface area contributed by atoms with E-state index in [4.69, 9.17) is 10.0 Å². The van der Waals surface area contributed by atoms with Gasteiger partial charge < -0.3 is 15.0 Å². The van der Waals surface area contributed by atoms with E-state index in [2.05, 4.69) is 4.98 Å². The Morgan fingerprint density at radius 1 is 1.50 bits per heavy atom.